The molecule has 2 rings (SSSR count). The Morgan fingerprint density at radius 2 is 1.72 bits per heavy atom. The van der Waals surface area contributed by atoms with Crippen LogP contribution in [0.5, 0.6) is 0 Å². The van der Waals surface area contributed by atoms with Crippen LogP contribution < -0.4 is 0 Å². The third-order valence-electron chi connectivity index (χ3n) is 5.12. The summed E-state index contributed by atoms with van der Waals surface area (Å²) in [6.45, 7) is 8.76. The molecule has 8 heteroatoms. The number of carbonyl (C=O) groups excluding carboxylic acids is 2. The van der Waals surface area contributed by atoms with Crippen molar-refractivity contribution in [3.05, 3.63) is 52.8 Å². The molecule has 1 atom stereocenters. The lowest BCUT2D eigenvalue weighted by Gasteiger charge is -2.26. The molecule has 7 nitrogen and oxygen atoms in total. The van der Waals surface area contributed by atoms with E-state index in [-0.39, 0.29) is 23.8 Å². The normalized spacial score (nSPS) is 12.8. The first-order chi connectivity index (χ1) is 13.6. The second kappa shape index (κ2) is 8.92. The van der Waals surface area contributed by atoms with Crippen molar-refractivity contribution in [2.75, 3.05) is 13.2 Å². The number of rotatable bonds is 8. The maximum atomic E-state index is 13.3. The molecular formula is C21H28N2O5S. The Morgan fingerprint density at radius 1 is 1.14 bits per heavy atom. The molecule has 0 fully saturated rings. The minimum Gasteiger partial charge on any atom is -0.461 e. The van der Waals surface area contributed by atoms with Gasteiger partial charge in [0.05, 0.1) is 17.5 Å². The first kappa shape index (κ1) is 22.8. The van der Waals surface area contributed by atoms with Crippen molar-refractivity contribution in [1.82, 2.24) is 8.87 Å². The number of nitrogens with zero attached hydrogens (tertiary/aromatic N) is 2. The van der Waals surface area contributed by atoms with Gasteiger partial charge < -0.3 is 9.30 Å². The van der Waals surface area contributed by atoms with Crippen LogP contribution in [0.15, 0.2) is 35.2 Å². The highest BCUT2D eigenvalue weighted by Crippen LogP contribution is 2.26. The van der Waals surface area contributed by atoms with Gasteiger partial charge in [0.2, 0.25) is 10.0 Å². The van der Waals surface area contributed by atoms with Gasteiger partial charge in [-0.05, 0) is 45.4 Å². The lowest BCUT2D eigenvalue weighted by Crippen LogP contribution is -2.43. The molecular weight excluding hydrogens is 392 g/mol. The summed E-state index contributed by atoms with van der Waals surface area (Å²) in [7, 11) is -2.15. The van der Waals surface area contributed by atoms with Crippen LogP contribution in [0.4, 0.5) is 0 Å². The Kier molecular flexibility index (Phi) is 7.02. The van der Waals surface area contributed by atoms with Crippen LogP contribution in [-0.4, -0.2) is 48.2 Å². The Hall–Kier alpha value is -2.45. The number of benzene rings is 1. The van der Waals surface area contributed by atoms with Gasteiger partial charge in [-0.2, -0.15) is 4.31 Å². The third-order valence-corrected chi connectivity index (χ3v) is 7.18. The summed E-state index contributed by atoms with van der Waals surface area (Å²) in [6.07, 6.45) is 0. The Labute approximate surface area is 172 Å². The van der Waals surface area contributed by atoms with Crippen molar-refractivity contribution in [3.8, 4) is 0 Å². The molecule has 1 aromatic heterocycles. The fourth-order valence-corrected chi connectivity index (χ4v) is 5.17. The molecule has 0 aliphatic carbocycles. The minimum atomic E-state index is -3.84. The number of sulfonamides is 1. The zero-order valence-electron chi connectivity index (χ0n) is 17.7. The van der Waals surface area contributed by atoms with Gasteiger partial charge in [0.15, 0.2) is 5.78 Å². The number of carbonyl (C=O) groups is 2. The number of likely N-dealkylation sites (N-methyl/N-ethyl adjacent to an activating group) is 1. The number of Topliss-reactive ketones (excluding diaryl/α,β-unsaturated/α-hetero) is 1. The molecule has 29 heavy (non-hydrogen) atoms. The molecule has 0 aliphatic heterocycles. The van der Waals surface area contributed by atoms with E-state index in [0.29, 0.717) is 22.5 Å². The Balaban J connectivity index is 2.49. The SMILES string of the molecule is CCOC(=O)c1c(C)c(C(=O)C(C)N(CC)S(=O)(=O)c2ccccc2)c(C)n1C. The highest BCUT2D eigenvalue weighted by molar-refractivity contribution is 7.89. The van der Waals surface area contributed by atoms with Crippen LogP contribution in [0, 0.1) is 13.8 Å². The molecule has 0 bridgehead atoms. The number of esters is 1. The van der Waals surface area contributed by atoms with Crippen molar-refractivity contribution >= 4 is 21.8 Å². The van der Waals surface area contributed by atoms with Crippen LogP contribution >= 0.6 is 0 Å². The van der Waals surface area contributed by atoms with E-state index in [1.54, 1.807) is 64.4 Å². The van der Waals surface area contributed by atoms with Crippen molar-refractivity contribution in [3.63, 3.8) is 0 Å². The molecule has 0 aliphatic rings. The molecule has 0 amide bonds. The van der Waals surface area contributed by atoms with E-state index in [4.69, 9.17) is 4.74 Å². The fraction of sp³-hybridized carbons (Fsp3) is 0.429. The molecule has 158 valence electrons. The van der Waals surface area contributed by atoms with Crippen LogP contribution in [-0.2, 0) is 21.8 Å². The number of aromatic nitrogens is 1. The highest BCUT2D eigenvalue weighted by Gasteiger charge is 2.35. The van der Waals surface area contributed by atoms with Crippen LogP contribution in [0.1, 0.15) is 52.9 Å². The van der Waals surface area contributed by atoms with Gasteiger partial charge in [0.25, 0.3) is 0 Å². The molecule has 0 spiro atoms. The summed E-state index contributed by atoms with van der Waals surface area (Å²) in [5.74, 6) is -0.862. The minimum absolute atomic E-state index is 0.134. The molecule has 0 N–H and O–H groups in total. The van der Waals surface area contributed by atoms with Gasteiger partial charge in [-0.25, -0.2) is 13.2 Å². The lowest BCUT2D eigenvalue weighted by molar-refractivity contribution is 0.0514. The Bertz CT molecular complexity index is 1010. The van der Waals surface area contributed by atoms with E-state index in [1.165, 1.54) is 16.4 Å². The van der Waals surface area contributed by atoms with E-state index in [2.05, 4.69) is 0 Å². The topological polar surface area (TPSA) is 85.7 Å². The van der Waals surface area contributed by atoms with Crippen LogP contribution in [0.3, 0.4) is 0 Å². The van der Waals surface area contributed by atoms with Gasteiger partial charge >= 0.3 is 5.97 Å². The average Bonchev–Trinajstić information content (AvgIpc) is 2.91. The van der Waals surface area contributed by atoms with Gasteiger partial charge in [-0.1, -0.05) is 25.1 Å². The molecule has 1 aromatic carbocycles. The number of hydrogen-bond acceptors (Lipinski definition) is 5. The molecule has 2 aromatic rings. The number of hydrogen-bond donors (Lipinski definition) is 0. The van der Waals surface area contributed by atoms with Crippen LogP contribution in [0.25, 0.3) is 0 Å². The summed E-state index contributed by atoms with van der Waals surface area (Å²) >= 11 is 0. The quantitative estimate of drug-likeness (QED) is 0.484. The lowest BCUT2D eigenvalue weighted by atomic mass is 10.0. The zero-order valence-corrected chi connectivity index (χ0v) is 18.5. The average molecular weight is 421 g/mol. The predicted octanol–water partition coefficient (Wildman–Crippen LogP) is 3.10. The van der Waals surface area contributed by atoms with E-state index in [9.17, 15) is 18.0 Å². The summed E-state index contributed by atoms with van der Waals surface area (Å²) in [5.41, 5.74) is 1.74. The first-order valence-electron chi connectivity index (χ1n) is 9.53. The smallest absolute Gasteiger partial charge is 0.355 e. The second-order valence-corrected chi connectivity index (χ2v) is 8.67. The van der Waals surface area contributed by atoms with Gasteiger partial charge in [-0.3, -0.25) is 4.79 Å². The van der Waals surface area contributed by atoms with E-state index in [1.807, 2.05) is 0 Å². The monoisotopic (exact) mass is 420 g/mol. The summed E-state index contributed by atoms with van der Waals surface area (Å²) < 4.78 is 34.0. The molecule has 0 radical (unpaired) electrons. The molecule has 0 saturated carbocycles. The number of ketones is 1. The maximum absolute atomic E-state index is 13.3. The van der Waals surface area contributed by atoms with Crippen molar-refractivity contribution < 1.29 is 22.7 Å². The molecule has 0 saturated heterocycles. The van der Waals surface area contributed by atoms with Gasteiger partial charge in [0, 0.05) is 24.8 Å². The maximum Gasteiger partial charge on any atom is 0.355 e. The largest absolute Gasteiger partial charge is 0.461 e. The summed E-state index contributed by atoms with van der Waals surface area (Å²) in [5, 5.41) is 0. The molecule has 1 unspecified atom stereocenters. The van der Waals surface area contributed by atoms with Crippen molar-refractivity contribution in [2.24, 2.45) is 7.05 Å². The van der Waals surface area contributed by atoms with Crippen molar-refractivity contribution in [2.45, 2.75) is 45.6 Å². The summed E-state index contributed by atoms with van der Waals surface area (Å²) in [6, 6.07) is 7.10. The standard InChI is InChI=1S/C21H28N2O5S/c1-7-23(29(26,27)17-12-10-9-11-13-17)16(5)20(24)18-14(3)19(21(25)28-8-2)22(6)15(18)4/h9-13,16H,7-8H2,1-6H3. The zero-order chi connectivity index (χ0) is 21.9. The van der Waals surface area contributed by atoms with E-state index < -0.39 is 22.0 Å². The third kappa shape index (κ3) is 4.13. The van der Waals surface area contributed by atoms with E-state index in [0.717, 1.165) is 0 Å². The van der Waals surface area contributed by atoms with Gasteiger partial charge in [0.1, 0.15) is 5.69 Å². The first-order valence-corrected chi connectivity index (χ1v) is 11.0. The molecule has 1 heterocycles. The fourth-order valence-electron chi connectivity index (χ4n) is 3.55. The van der Waals surface area contributed by atoms with E-state index >= 15 is 0 Å². The van der Waals surface area contributed by atoms with Crippen LogP contribution in [0.2, 0.25) is 0 Å². The van der Waals surface area contributed by atoms with Gasteiger partial charge in [-0.15, -0.1) is 0 Å². The summed E-state index contributed by atoms with van der Waals surface area (Å²) in [4.78, 5) is 25.8. The van der Waals surface area contributed by atoms with Crippen molar-refractivity contribution in [1.29, 1.82) is 0 Å². The highest BCUT2D eigenvalue weighted by atomic mass is 32.2. The number of ether oxygens (including phenoxy) is 1. The second-order valence-electron chi connectivity index (χ2n) is 6.78. The predicted molar refractivity (Wildman–Crippen MR) is 111 cm³/mol. The Morgan fingerprint density at radius 3 is 2.24 bits per heavy atom.